The summed E-state index contributed by atoms with van der Waals surface area (Å²) in [4.78, 5) is 13.3. The first-order valence-corrected chi connectivity index (χ1v) is 6.10. The van der Waals surface area contributed by atoms with E-state index in [1.165, 1.54) is 5.56 Å². The number of halogens is 1. The summed E-state index contributed by atoms with van der Waals surface area (Å²) >= 11 is 3.43. The van der Waals surface area contributed by atoms with E-state index in [1.54, 1.807) is 0 Å². The SMILES string of the molecule is CCNC(=O)CN(C)Cc1cccc(Br)c1. The fourth-order valence-electron chi connectivity index (χ4n) is 1.50. The van der Waals surface area contributed by atoms with Gasteiger partial charge in [0.1, 0.15) is 0 Å². The summed E-state index contributed by atoms with van der Waals surface area (Å²) in [7, 11) is 1.94. The molecule has 0 saturated heterocycles. The zero-order valence-electron chi connectivity index (χ0n) is 9.66. The predicted molar refractivity (Wildman–Crippen MR) is 69.2 cm³/mol. The molecule has 0 aliphatic heterocycles. The number of nitrogens with zero attached hydrogens (tertiary/aromatic N) is 1. The van der Waals surface area contributed by atoms with E-state index in [4.69, 9.17) is 0 Å². The zero-order valence-corrected chi connectivity index (χ0v) is 11.3. The number of likely N-dealkylation sites (N-methyl/N-ethyl adjacent to an activating group) is 2. The number of amides is 1. The van der Waals surface area contributed by atoms with Crippen LogP contribution in [0.2, 0.25) is 0 Å². The highest BCUT2D eigenvalue weighted by Gasteiger charge is 2.05. The molecule has 0 aliphatic carbocycles. The molecule has 0 heterocycles. The maximum Gasteiger partial charge on any atom is 0.234 e. The van der Waals surface area contributed by atoms with Crippen molar-refractivity contribution in [2.45, 2.75) is 13.5 Å². The van der Waals surface area contributed by atoms with Gasteiger partial charge >= 0.3 is 0 Å². The van der Waals surface area contributed by atoms with Crippen molar-refractivity contribution in [3.8, 4) is 0 Å². The third-order valence-corrected chi connectivity index (χ3v) is 2.62. The molecule has 16 heavy (non-hydrogen) atoms. The van der Waals surface area contributed by atoms with Gasteiger partial charge in [-0.25, -0.2) is 0 Å². The third-order valence-electron chi connectivity index (χ3n) is 2.13. The number of nitrogens with one attached hydrogen (secondary N) is 1. The van der Waals surface area contributed by atoms with Gasteiger partial charge < -0.3 is 5.32 Å². The molecule has 0 saturated carbocycles. The number of hydrogen-bond acceptors (Lipinski definition) is 2. The lowest BCUT2D eigenvalue weighted by Crippen LogP contribution is -2.34. The van der Waals surface area contributed by atoms with E-state index >= 15 is 0 Å². The van der Waals surface area contributed by atoms with Crippen molar-refractivity contribution in [1.29, 1.82) is 0 Å². The van der Waals surface area contributed by atoms with Crippen LogP contribution >= 0.6 is 15.9 Å². The molecule has 1 rings (SSSR count). The standard InChI is InChI=1S/C12H17BrN2O/c1-3-14-12(16)9-15(2)8-10-5-4-6-11(13)7-10/h4-7H,3,8-9H2,1-2H3,(H,14,16). The van der Waals surface area contributed by atoms with Crippen LogP contribution in [0.3, 0.4) is 0 Å². The summed E-state index contributed by atoms with van der Waals surface area (Å²) in [6.07, 6.45) is 0. The van der Waals surface area contributed by atoms with E-state index in [-0.39, 0.29) is 5.91 Å². The predicted octanol–water partition coefficient (Wildman–Crippen LogP) is 2.02. The lowest BCUT2D eigenvalue weighted by Gasteiger charge is -2.16. The van der Waals surface area contributed by atoms with Crippen molar-refractivity contribution in [2.24, 2.45) is 0 Å². The summed E-state index contributed by atoms with van der Waals surface area (Å²) in [6.45, 7) is 3.81. The van der Waals surface area contributed by atoms with Crippen LogP contribution in [0.25, 0.3) is 0 Å². The van der Waals surface area contributed by atoms with Gasteiger partial charge in [0.15, 0.2) is 0 Å². The van der Waals surface area contributed by atoms with Gasteiger partial charge in [-0.05, 0) is 31.7 Å². The molecule has 4 heteroatoms. The lowest BCUT2D eigenvalue weighted by molar-refractivity contribution is -0.121. The summed E-state index contributed by atoms with van der Waals surface area (Å²) in [5.74, 6) is 0.0694. The molecule has 0 aliphatic rings. The molecule has 1 aromatic rings. The van der Waals surface area contributed by atoms with Crippen molar-refractivity contribution < 1.29 is 4.79 Å². The second-order valence-corrected chi connectivity index (χ2v) is 4.67. The fourth-order valence-corrected chi connectivity index (χ4v) is 1.95. The van der Waals surface area contributed by atoms with Gasteiger partial charge in [-0.1, -0.05) is 28.1 Å². The maximum absolute atomic E-state index is 11.3. The summed E-state index contributed by atoms with van der Waals surface area (Å²) in [5.41, 5.74) is 1.20. The molecule has 0 unspecified atom stereocenters. The highest BCUT2D eigenvalue weighted by Crippen LogP contribution is 2.12. The lowest BCUT2D eigenvalue weighted by atomic mass is 10.2. The minimum Gasteiger partial charge on any atom is -0.355 e. The molecule has 88 valence electrons. The summed E-state index contributed by atoms with van der Waals surface area (Å²) < 4.78 is 1.07. The molecular formula is C12H17BrN2O. The largest absolute Gasteiger partial charge is 0.355 e. The normalized spacial score (nSPS) is 10.5. The smallest absolute Gasteiger partial charge is 0.234 e. The number of hydrogen-bond donors (Lipinski definition) is 1. The van der Waals surface area contributed by atoms with E-state index in [0.717, 1.165) is 11.0 Å². The Morgan fingerprint density at radius 3 is 2.88 bits per heavy atom. The van der Waals surface area contributed by atoms with Crippen LogP contribution in [0.5, 0.6) is 0 Å². The zero-order chi connectivity index (χ0) is 12.0. The van der Waals surface area contributed by atoms with E-state index in [1.807, 2.05) is 31.0 Å². The van der Waals surface area contributed by atoms with Crippen LogP contribution in [0, 0.1) is 0 Å². The molecule has 0 bridgehead atoms. The van der Waals surface area contributed by atoms with Crippen LogP contribution in [-0.2, 0) is 11.3 Å². The average molecular weight is 285 g/mol. The van der Waals surface area contributed by atoms with Crippen LogP contribution in [0.15, 0.2) is 28.7 Å². The number of carbonyl (C=O) groups excluding carboxylic acids is 1. The van der Waals surface area contributed by atoms with Crippen molar-refractivity contribution in [1.82, 2.24) is 10.2 Å². The third kappa shape index (κ3) is 4.77. The Balaban J connectivity index is 2.45. The van der Waals surface area contributed by atoms with E-state index < -0.39 is 0 Å². The molecule has 1 N–H and O–H groups in total. The summed E-state index contributed by atoms with van der Waals surface area (Å²) in [5, 5.41) is 2.78. The van der Waals surface area contributed by atoms with E-state index in [9.17, 15) is 4.79 Å². The molecular weight excluding hydrogens is 268 g/mol. The minimum absolute atomic E-state index is 0.0694. The van der Waals surface area contributed by atoms with Crippen molar-refractivity contribution in [3.05, 3.63) is 34.3 Å². The number of benzene rings is 1. The van der Waals surface area contributed by atoms with E-state index in [0.29, 0.717) is 13.1 Å². The molecule has 0 spiro atoms. The van der Waals surface area contributed by atoms with Gasteiger partial charge in [0, 0.05) is 17.6 Å². The topological polar surface area (TPSA) is 32.3 Å². The fraction of sp³-hybridized carbons (Fsp3) is 0.417. The van der Waals surface area contributed by atoms with Crippen LogP contribution in [0.4, 0.5) is 0 Å². The maximum atomic E-state index is 11.3. The molecule has 3 nitrogen and oxygen atoms in total. The van der Waals surface area contributed by atoms with Crippen LogP contribution in [0.1, 0.15) is 12.5 Å². The number of carbonyl (C=O) groups is 1. The molecule has 0 fully saturated rings. The van der Waals surface area contributed by atoms with Gasteiger partial charge in [0.05, 0.1) is 6.54 Å². The van der Waals surface area contributed by atoms with Gasteiger partial charge in [0.2, 0.25) is 5.91 Å². The van der Waals surface area contributed by atoms with Crippen molar-refractivity contribution in [2.75, 3.05) is 20.1 Å². The van der Waals surface area contributed by atoms with Gasteiger partial charge in [-0.15, -0.1) is 0 Å². The Morgan fingerprint density at radius 1 is 1.50 bits per heavy atom. The van der Waals surface area contributed by atoms with Crippen molar-refractivity contribution in [3.63, 3.8) is 0 Å². The molecule has 0 radical (unpaired) electrons. The van der Waals surface area contributed by atoms with Gasteiger partial charge in [-0.2, -0.15) is 0 Å². The second kappa shape index (κ2) is 6.66. The Kier molecular flexibility index (Phi) is 5.49. The molecule has 1 amide bonds. The highest BCUT2D eigenvalue weighted by atomic mass is 79.9. The Labute approximate surface area is 105 Å². The molecule has 1 aromatic carbocycles. The Hall–Kier alpha value is -0.870. The first-order valence-electron chi connectivity index (χ1n) is 5.31. The summed E-state index contributed by atoms with van der Waals surface area (Å²) in [6, 6.07) is 8.11. The molecule has 0 atom stereocenters. The quantitative estimate of drug-likeness (QED) is 0.897. The second-order valence-electron chi connectivity index (χ2n) is 3.76. The Bertz CT molecular complexity index is 355. The highest BCUT2D eigenvalue weighted by molar-refractivity contribution is 9.10. The number of rotatable bonds is 5. The van der Waals surface area contributed by atoms with Crippen LogP contribution < -0.4 is 5.32 Å². The van der Waals surface area contributed by atoms with Gasteiger partial charge in [0.25, 0.3) is 0 Å². The first kappa shape index (κ1) is 13.2. The molecule has 0 aromatic heterocycles. The van der Waals surface area contributed by atoms with Crippen molar-refractivity contribution >= 4 is 21.8 Å². The Morgan fingerprint density at radius 2 is 2.25 bits per heavy atom. The monoisotopic (exact) mass is 284 g/mol. The first-order chi connectivity index (χ1) is 7.61. The minimum atomic E-state index is 0.0694. The van der Waals surface area contributed by atoms with E-state index in [2.05, 4.69) is 33.4 Å². The average Bonchev–Trinajstić information content (AvgIpc) is 2.17. The van der Waals surface area contributed by atoms with Crippen LogP contribution in [-0.4, -0.2) is 30.9 Å². The van der Waals surface area contributed by atoms with Gasteiger partial charge in [-0.3, -0.25) is 9.69 Å².